The van der Waals surface area contributed by atoms with Gasteiger partial charge in [0.05, 0.1) is 33.6 Å². The summed E-state index contributed by atoms with van der Waals surface area (Å²) in [5, 5.41) is 15.8. The predicted octanol–water partition coefficient (Wildman–Crippen LogP) is 15.2. The number of nitrogens with zero attached hydrogens (tertiary/aromatic N) is 4. The predicted molar refractivity (Wildman–Crippen MR) is 260 cm³/mol. The van der Waals surface area contributed by atoms with Crippen molar-refractivity contribution < 1.29 is 4.42 Å². The lowest BCUT2D eigenvalue weighted by Gasteiger charge is -2.12. The van der Waals surface area contributed by atoms with Crippen LogP contribution in [0.1, 0.15) is 0 Å². The third kappa shape index (κ3) is 5.64. The second kappa shape index (κ2) is 14.0. The van der Waals surface area contributed by atoms with Gasteiger partial charge in [0.25, 0.3) is 0 Å². The van der Waals surface area contributed by atoms with Gasteiger partial charge in [0.1, 0.15) is 11.3 Å². The van der Waals surface area contributed by atoms with Crippen LogP contribution >= 0.6 is 0 Å². The Morgan fingerprint density at radius 1 is 0.317 bits per heavy atom. The number of aromatic nitrogens is 4. The molecule has 0 atom stereocenters. The van der Waals surface area contributed by atoms with Crippen molar-refractivity contribution in [2.75, 3.05) is 0 Å². The van der Waals surface area contributed by atoms with Crippen molar-refractivity contribution in [2.24, 2.45) is 0 Å². The van der Waals surface area contributed by atoms with Crippen LogP contribution in [0.4, 0.5) is 0 Å². The van der Waals surface area contributed by atoms with E-state index in [1.165, 1.54) is 54.7 Å². The highest BCUT2D eigenvalue weighted by Crippen LogP contribution is 2.40. The molecule has 294 valence electrons. The number of para-hydroxylation sites is 4. The molecule has 0 amide bonds. The number of hydrogen-bond acceptors (Lipinski definition) is 3. The molecule has 5 nitrogen and oxygen atoms in total. The van der Waals surface area contributed by atoms with Crippen molar-refractivity contribution in [2.45, 2.75) is 0 Å². The van der Waals surface area contributed by atoms with Crippen molar-refractivity contribution in [1.29, 1.82) is 0 Å². The van der Waals surface area contributed by atoms with Crippen molar-refractivity contribution in [3.05, 3.63) is 219 Å². The number of furan rings is 1. The first-order valence-electron chi connectivity index (χ1n) is 21.3. The van der Waals surface area contributed by atoms with Crippen molar-refractivity contribution >= 4 is 65.6 Å². The molecule has 0 N–H and O–H groups in total. The van der Waals surface area contributed by atoms with Gasteiger partial charge in [-0.2, -0.15) is 5.10 Å². The summed E-state index contributed by atoms with van der Waals surface area (Å²) in [6.45, 7) is 0. The second-order valence-corrected chi connectivity index (χ2v) is 16.2. The molecule has 63 heavy (non-hydrogen) atoms. The van der Waals surface area contributed by atoms with Crippen LogP contribution in [0, 0.1) is 0 Å². The van der Waals surface area contributed by atoms with Gasteiger partial charge in [-0.3, -0.25) is 0 Å². The normalized spacial score (nSPS) is 11.8. The summed E-state index contributed by atoms with van der Waals surface area (Å²) in [6, 6.07) is 76.2. The van der Waals surface area contributed by atoms with E-state index in [2.05, 4.69) is 213 Å². The molecular weight excluding hydrogens is 769 g/mol. The Balaban J connectivity index is 0.857. The molecule has 13 rings (SSSR count). The summed E-state index contributed by atoms with van der Waals surface area (Å²) < 4.78 is 11.0. The van der Waals surface area contributed by atoms with Gasteiger partial charge in [-0.15, -0.1) is 5.10 Å². The van der Waals surface area contributed by atoms with Crippen LogP contribution in [-0.2, 0) is 0 Å². The highest BCUT2D eigenvalue weighted by molar-refractivity contribution is 6.13. The van der Waals surface area contributed by atoms with Gasteiger partial charge in [-0.1, -0.05) is 140 Å². The summed E-state index contributed by atoms with van der Waals surface area (Å²) in [5.41, 5.74) is 17.3. The molecule has 9 aromatic carbocycles. The number of fused-ring (bicyclic) bond motifs is 9. The molecule has 4 heterocycles. The van der Waals surface area contributed by atoms with Gasteiger partial charge in [0.2, 0.25) is 0 Å². The van der Waals surface area contributed by atoms with E-state index in [0.717, 1.165) is 66.8 Å². The maximum Gasteiger partial charge on any atom is 0.165 e. The summed E-state index contributed by atoms with van der Waals surface area (Å²) in [4.78, 5) is 0. The summed E-state index contributed by atoms with van der Waals surface area (Å²) in [6.07, 6.45) is 1.78. The zero-order valence-electron chi connectivity index (χ0n) is 34.0. The molecule has 0 fully saturated rings. The molecule has 0 aliphatic rings. The first-order chi connectivity index (χ1) is 31.2. The summed E-state index contributed by atoms with van der Waals surface area (Å²) in [7, 11) is 0. The highest BCUT2D eigenvalue weighted by Gasteiger charge is 2.18. The van der Waals surface area contributed by atoms with E-state index in [4.69, 9.17) is 4.42 Å². The molecular formula is C58H36N4O. The van der Waals surface area contributed by atoms with Crippen molar-refractivity contribution in [3.63, 3.8) is 0 Å². The molecule has 0 bridgehead atoms. The average Bonchev–Trinajstić information content (AvgIpc) is 4.02. The number of hydrogen-bond donors (Lipinski definition) is 0. The topological polar surface area (TPSA) is 48.8 Å². The number of rotatable bonds is 6. The van der Waals surface area contributed by atoms with Gasteiger partial charge in [0.15, 0.2) is 5.58 Å². The molecule has 0 aliphatic carbocycles. The van der Waals surface area contributed by atoms with E-state index in [0.29, 0.717) is 0 Å². The maximum atomic E-state index is 6.26. The monoisotopic (exact) mass is 804 g/mol. The van der Waals surface area contributed by atoms with Gasteiger partial charge in [-0.25, -0.2) is 0 Å². The Labute approximate surface area is 362 Å². The molecule has 0 saturated carbocycles. The number of benzene rings is 9. The smallest absolute Gasteiger partial charge is 0.165 e. The molecule has 0 saturated heterocycles. The third-order valence-electron chi connectivity index (χ3n) is 12.7. The zero-order chi connectivity index (χ0) is 41.4. The maximum absolute atomic E-state index is 6.26. The third-order valence-corrected chi connectivity index (χ3v) is 12.7. The molecule has 0 spiro atoms. The fourth-order valence-electron chi connectivity index (χ4n) is 9.71. The van der Waals surface area contributed by atoms with Crippen LogP contribution in [-0.4, -0.2) is 19.3 Å². The Morgan fingerprint density at radius 2 is 0.810 bits per heavy atom. The lowest BCUT2D eigenvalue weighted by molar-refractivity contribution is 0.666. The minimum Gasteiger partial charge on any atom is -0.454 e. The van der Waals surface area contributed by atoms with Crippen LogP contribution < -0.4 is 0 Å². The van der Waals surface area contributed by atoms with E-state index in [-0.39, 0.29) is 0 Å². The van der Waals surface area contributed by atoms with Gasteiger partial charge in [-0.05, 0) is 106 Å². The Bertz CT molecular complexity index is 3910. The molecule has 0 aliphatic heterocycles. The standard InChI is InChI=1S/C58H36N4O/c1-2-15-44(16-3-1)61-52-21-7-4-18-46(52)49-34-42(28-30-54(49)61)43-29-31-55-50(35-43)47-19-5-8-22-53(47)62(55)45-17-11-14-41(33-45)40-13-10-12-39(32-40)37-24-26-38(27-25-37)57-58-51(36-59-60-57)48-20-6-9-23-56(48)63-58/h1-36H. The largest absolute Gasteiger partial charge is 0.454 e. The van der Waals surface area contributed by atoms with E-state index < -0.39 is 0 Å². The average molecular weight is 805 g/mol. The lowest BCUT2D eigenvalue weighted by Crippen LogP contribution is -1.94. The SMILES string of the molecule is c1ccc(-n2c3ccccc3c3cc(-c4ccc5c(c4)c4ccccc4n5-c4cccc(-c5cccc(-c6ccc(-c7nncc8c7oc7ccccc78)cc6)c5)c4)ccc32)cc1. The molecule has 0 radical (unpaired) electrons. The molecule has 0 unspecified atom stereocenters. The van der Waals surface area contributed by atoms with Gasteiger partial charge in [0, 0.05) is 43.9 Å². The van der Waals surface area contributed by atoms with Gasteiger partial charge >= 0.3 is 0 Å². The van der Waals surface area contributed by atoms with Crippen LogP contribution in [0.15, 0.2) is 223 Å². The van der Waals surface area contributed by atoms with E-state index in [9.17, 15) is 0 Å². The van der Waals surface area contributed by atoms with E-state index in [1.54, 1.807) is 6.20 Å². The van der Waals surface area contributed by atoms with E-state index >= 15 is 0 Å². The quantitative estimate of drug-likeness (QED) is 0.168. The highest BCUT2D eigenvalue weighted by atomic mass is 16.3. The fourth-order valence-corrected chi connectivity index (χ4v) is 9.71. The van der Waals surface area contributed by atoms with Crippen LogP contribution in [0.25, 0.3) is 122 Å². The minimum absolute atomic E-state index is 0.743. The van der Waals surface area contributed by atoms with Crippen molar-refractivity contribution in [1.82, 2.24) is 19.3 Å². The van der Waals surface area contributed by atoms with Gasteiger partial charge < -0.3 is 13.6 Å². The summed E-state index contributed by atoms with van der Waals surface area (Å²) >= 11 is 0. The Kier molecular flexibility index (Phi) is 7.84. The Morgan fingerprint density at radius 3 is 1.51 bits per heavy atom. The van der Waals surface area contributed by atoms with E-state index in [1.807, 2.05) is 18.2 Å². The first kappa shape index (κ1) is 35.2. The molecule has 5 heteroatoms. The summed E-state index contributed by atoms with van der Waals surface area (Å²) in [5.74, 6) is 0. The molecule has 4 aromatic heterocycles. The zero-order valence-corrected chi connectivity index (χ0v) is 34.0. The Hall–Kier alpha value is -8.54. The van der Waals surface area contributed by atoms with Crippen LogP contribution in [0.5, 0.6) is 0 Å². The molecule has 13 aromatic rings. The van der Waals surface area contributed by atoms with Crippen LogP contribution in [0.3, 0.4) is 0 Å². The second-order valence-electron chi connectivity index (χ2n) is 16.2. The first-order valence-corrected chi connectivity index (χ1v) is 21.3. The minimum atomic E-state index is 0.743. The lowest BCUT2D eigenvalue weighted by atomic mass is 9.97. The van der Waals surface area contributed by atoms with Crippen LogP contribution in [0.2, 0.25) is 0 Å². The van der Waals surface area contributed by atoms with Crippen molar-refractivity contribution in [3.8, 4) is 56.0 Å². The fraction of sp³-hybridized carbons (Fsp3) is 0.